The number of alkyl halides is 3. The Bertz CT molecular complexity index is 619. The van der Waals surface area contributed by atoms with Gasteiger partial charge in [-0.05, 0) is 24.1 Å². The number of hydrogen-bond donors (Lipinski definition) is 2. The molecular formula is C14H16F3N3O2. The second-order valence-corrected chi connectivity index (χ2v) is 4.55. The van der Waals surface area contributed by atoms with Crippen LogP contribution < -0.4 is 5.73 Å². The van der Waals surface area contributed by atoms with Gasteiger partial charge in [0.2, 0.25) is 0 Å². The molecule has 0 aliphatic heterocycles. The molecular weight excluding hydrogens is 299 g/mol. The SMILES string of the molecule is C[C@H](N)c1ccc(-c2ccnn2C)cc1.O=C(O)C(F)(F)F. The molecule has 0 amide bonds. The zero-order chi connectivity index (χ0) is 16.9. The lowest BCUT2D eigenvalue weighted by atomic mass is 10.1. The maximum atomic E-state index is 10.6. The number of carboxylic acids is 1. The third kappa shape index (κ3) is 4.88. The van der Waals surface area contributed by atoms with Crippen molar-refractivity contribution in [3.05, 3.63) is 42.1 Å². The number of rotatable bonds is 2. The monoisotopic (exact) mass is 315 g/mol. The number of halogens is 3. The molecule has 0 aliphatic rings. The van der Waals surface area contributed by atoms with Crippen LogP contribution in [0.1, 0.15) is 18.5 Å². The van der Waals surface area contributed by atoms with Crippen LogP contribution in [-0.2, 0) is 11.8 Å². The van der Waals surface area contributed by atoms with Gasteiger partial charge in [-0.1, -0.05) is 24.3 Å². The van der Waals surface area contributed by atoms with Crippen LogP contribution in [0.2, 0.25) is 0 Å². The van der Waals surface area contributed by atoms with Gasteiger partial charge in [0.15, 0.2) is 0 Å². The molecule has 1 aromatic heterocycles. The van der Waals surface area contributed by atoms with Gasteiger partial charge in [0.1, 0.15) is 0 Å². The average Bonchev–Trinajstić information content (AvgIpc) is 2.84. The Hall–Kier alpha value is -2.35. The molecule has 0 spiro atoms. The highest BCUT2D eigenvalue weighted by Crippen LogP contribution is 2.20. The Balaban J connectivity index is 0.000000295. The van der Waals surface area contributed by atoms with Gasteiger partial charge in [0.25, 0.3) is 0 Å². The van der Waals surface area contributed by atoms with Crippen LogP contribution in [0.25, 0.3) is 11.3 Å². The van der Waals surface area contributed by atoms with E-state index in [0.29, 0.717) is 0 Å². The van der Waals surface area contributed by atoms with E-state index in [1.54, 1.807) is 6.20 Å². The summed E-state index contributed by atoms with van der Waals surface area (Å²) in [6, 6.07) is 10.4. The van der Waals surface area contributed by atoms with E-state index in [0.717, 1.165) is 11.3 Å². The van der Waals surface area contributed by atoms with Gasteiger partial charge in [-0.15, -0.1) is 0 Å². The maximum absolute atomic E-state index is 10.6. The molecule has 120 valence electrons. The summed E-state index contributed by atoms with van der Waals surface area (Å²) in [5, 5.41) is 11.3. The Kier molecular flexibility index (Phi) is 5.69. The van der Waals surface area contributed by atoms with E-state index >= 15 is 0 Å². The van der Waals surface area contributed by atoms with Gasteiger partial charge in [-0.3, -0.25) is 4.68 Å². The smallest absolute Gasteiger partial charge is 0.475 e. The fourth-order valence-electron chi connectivity index (χ4n) is 1.61. The lowest BCUT2D eigenvalue weighted by Gasteiger charge is -2.07. The zero-order valence-corrected chi connectivity index (χ0v) is 12.0. The normalized spacial score (nSPS) is 12.3. The summed E-state index contributed by atoms with van der Waals surface area (Å²) in [4.78, 5) is 8.90. The molecule has 0 fully saturated rings. The van der Waals surface area contributed by atoms with Crippen molar-refractivity contribution in [2.75, 3.05) is 0 Å². The maximum Gasteiger partial charge on any atom is 0.490 e. The summed E-state index contributed by atoms with van der Waals surface area (Å²) >= 11 is 0. The van der Waals surface area contributed by atoms with E-state index in [2.05, 4.69) is 29.4 Å². The summed E-state index contributed by atoms with van der Waals surface area (Å²) < 4.78 is 33.6. The Morgan fingerprint density at radius 2 is 1.77 bits per heavy atom. The van der Waals surface area contributed by atoms with Crippen molar-refractivity contribution < 1.29 is 23.1 Å². The quantitative estimate of drug-likeness (QED) is 0.893. The molecule has 3 N–H and O–H groups in total. The van der Waals surface area contributed by atoms with Crippen molar-refractivity contribution in [1.82, 2.24) is 9.78 Å². The standard InChI is InChI=1S/C12H15N3.C2HF3O2/c1-9(13)10-3-5-11(6-4-10)12-7-8-14-15(12)2;3-2(4,5)1(6)7/h3-9H,13H2,1-2H3;(H,6,7)/t9-;/m0./s1. The first-order chi connectivity index (χ1) is 10.1. The molecule has 5 nitrogen and oxygen atoms in total. The predicted octanol–water partition coefficient (Wildman–Crippen LogP) is 2.74. The number of hydrogen-bond acceptors (Lipinski definition) is 3. The van der Waals surface area contributed by atoms with Gasteiger partial charge in [-0.25, -0.2) is 4.79 Å². The van der Waals surface area contributed by atoms with E-state index < -0.39 is 12.1 Å². The Labute approximate surface area is 125 Å². The predicted molar refractivity (Wildman–Crippen MR) is 74.9 cm³/mol. The van der Waals surface area contributed by atoms with E-state index in [1.165, 1.54) is 5.56 Å². The first kappa shape index (κ1) is 17.7. The number of aryl methyl sites for hydroxylation is 1. The van der Waals surface area contributed by atoms with Crippen LogP contribution in [0.4, 0.5) is 13.2 Å². The molecule has 0 bridgehead atoms. The van der Waals surface area contributed by atoms with Crippen LogP contribution in [0.3, 0.4) is 0 Å². The van der Waals surface area contributed by atoms with Crippen molar-refractivity contribution in [3.8, 4) is 11.3 Å². The number of aliphatic carboxylic acids is 1. The fourth-order valence-corrected chi connectivity index (χ4v) is 1.61. The first-order valence-corrected chi connectivity index (χ1v) is 6.27. The molecule has 0 saturated carbocycles. The highest BCUT2D eigenvalue weighted by Gasteiger charge is 2.38. The summed E-state index contributed by atoms with van der Waals surface area (Å²) in [6.45, 7) is 1.99. The number of nitrogens with two attached hydrogens (primary N) is 1. The molecule has 1 atom stereocenters. The van der Waals surface area contributed by atoms with E-state index in [-0.39, 0.29) is 6.04 Å². The van der Waals surface area contributed by atoms with E-state index in [9.17, 15) is 13.2 Å². The van der Waals surface area contributed by atoms with Gasteiger partial charge < -0.3 is 10.8 Å². The topological polar surface area (TPSA) is 81.1 Å². The van der Waals surface area contributed by atoms with Crippen LogP contribution in [0, 0.1) is 0 Å². The average molecular weight is 315 g/mol. The fraction of sp³-hybridized carbons (Fsp3) is 0.286. The third-order valence-corrected chi connectivity index (χ3v) is 2.80. The summed E-state index contributed by atoms with van der Waals surface area (Å²) in [7, 11) is 1.94. The van der Waals surface area contributed by atoms with Gasteiger partial charge >= 0.3 is 12.1 Å². The molecule has 0 radical (unpaired) electrons. The molecule has 1 heterocycles. The molecule has 22 heavy (non-hydrogen) atoms. The lowest BCUT2D eigenvalue weighted by Crippen LogP contribution is -2.21. The Morgan fingerprint density at radius 3 is 2.09 bits per heavy atom. The molecule has 0 saturated heterocycles. The number of nitrogens with zero attached hydrogens (tertiary/aromatic N) is 2. The lowest BCUT2D eigenvalue weighted by molar-refractivity contribution is -0.192. The van der Waals surface area contributed by atoms with E-state index in [1.807, 2.05) is 24.7 Å². The van der Waals surface area contributed by atoms with Crippen molar-refractivity contribution in [2.24, 2.45) is 12.8 Å². The van der Waals surface area contributed by atoms with Crippen LogP contribution in [0.5, 0.6) is 0 Å². The molecule has 1 aromatic carbocycles. The number of benzene rings is 1. The van der Waals surface area contributed by atoms with Crippen molar-refractivity contribution in [3.63, 3.8) is 0 Å². The largest absolute Gasteiger partial charge is 0.490 e. The van der Waals surface area contributed by atoms with Crippen LogP contribution in [0.15, 0.2) is 36.5 Å². The zero-order valence-electron chi connectivity index (χ0n) is 12.0. The highest BCUT2D eigenvalue weighted by molar-refractivity contribution is 5.73. The van der Waals surface area contributed by atoms with Crippen LogP contribution >= 0.6 is 0 Å². The van der Waals surface area contributed by atoms with Gasteiger partial charge in [0, 0.05) is 19.3 Å². The molecule has 0 unspecified atom stereocenters. The minimum Gasteiger partial charge on any atom is -0.475 e. The molecule has 2 aromatic rings. The minimum absolute atomic E-state index is 0.0885. The summed E-state index contributed by atoms with van der Waals surface area (Å²) in [6.07, 6.45) is -3.28. The summed E-state index contributed by atoms with van der Waals surface area (Å²) in [5.74, 6) is -2.76. The number of carboxylic acid groups (broad SMARTS) is 1. The van der Waals surface area contributed by atoms with Crippen molar-refractivity contribution in [1.29, 1.82) is 0 Å². The molecule has 2 rings (SSSR count). The second kappa shape index (κ2) is 7.08. The Morgan fingerprint density at radius 1 is 1.27 bits per heavy atom. The van der Waals surface area contributed by atoms with E-state index in [4.69, 9.17) is 15.6 Å². The van der Waals surface area contributed by atoms with Gasteiger partial charge in [0.05, 0.1) is 5.69 Å². The molecule has 8 heteroatoms. The highest BCUT2D eigenvalue weighted by atomic mass is 19.4. The molecule has 0 aliphatic carbocycles. The summed E-state index contributed by atoms with van der Waals surface area (Å²) in [5.41, 5.74) is 9.23. The van der Waals surface area contributed by atoms with Gasteiger partial charge in [-0.2, -0.15) is 18.3 Å². The number of aromatic nitrogens is 2. The van der Waals surface area contributed by atoms with Crippen molar-refractivity contribution in [2.45, 2.75) is 19.1 Å². The van der Waals surface area contributed by atoms with Crippen molar-refractivity contribution >= 4 is 5.97 Å². The number of carbonyl (C=O) groups is 1. The third-order valence-electron chi connectivity index (χ3n) is 2.80. The van der Waals surface area contributed by atoms with Crippen LogP contribution in [-0.4, -0.2) is 27.0 Å². The minimum atomic E-state index is -5.08. The first-order valence-electron chi connectivity index (χ1n) is 6.27. The second-order valence-electron chi connectivity index (χ2n) is 4.55.